The van der Waals surface area contributed by atoms with Crippen LogP contribution in [-0.4, -0.2) is 41.2 Å². The van der Waals surface area contributed by atoms with Crippen LogP contribution in [-0.2, 0) is 18.7 Å². The third-order valence-electron chi connectivity index (χ3n) is 3.17. The van der Waals surface area contributed by atoms with Crippen LogP contribution in [0.3, 0.4) is 0 Å². The van der Waals surface area contributed by atoms with Gasteiger partial charge in [0.2, 0.25) is 0 Å². The predicted molar refractivity (Wildman–Crippen MR) is 75.1 cm³/mol. The lowest BCUT2D eigenvalue weighted by Crippen LogP contribution is -2.38. The number of hydrogen-bond donors (Lipinski definition) is 0. The molecule has 0 N–H and O–H groups in total. The fraction of sp³-hybridized carbons (Fsp3) is 0.769. The van der Waals surface area contributed by atoms with E-state index in [4.69, 9.17) is 13.9 Å². The van der Waals surface area contributed by atoms with Crippen LogP contribution < -0.4 is 0 Å². The summed E-state index contributed by atoms with van der Waals surface area (Å²) < 4.78 is 16.1. The van der Waals surface area contributed by atoms with Gasteiger partial charge in [-0.25, -0.2) is 4.79 Å². The van der Waals surface area contributed by atoms with Crippen molar-refractivity contribution in [3.63, 3.8) is 0 Å². The van der Waals surface area contributed by atoms with E-state index in [1.165, 1.54) is 6.08 Å². The number of ether oxygens (including phenoxy) is 2. The third-order valence-corrected chi connectivity index (χ3v) is 7.83. The van der Waals surface area contributed by atoms with Crippen molar-refractivity contribution in [2.24, 2.45) is 0 Å². The summed E-state index contributed by atoms with van der Waals surface area (Å²) in [6, 6.07) is 3.19. The number of carbonyl (C=O) groups is 1. The van der Waals surface area contributed by atoms with Gasteiger partial charge in [0.05, 0.1) is 19.8 Å². The Morgan fingerprint density at radius 2 is 1.89 bits per heavy atom. The molecule has 0 aromatic rings. The molecule has 0 unspecified atom stereocenters. The second-order valence-corrected chi connectivity index (χ2v) is 8.78. The zero-order chi connectivity index (χ0) is 13.9. The average molecular weight is 274 g/mol. The largest absolute Gasteiger partial charge is 0.463 e. The van der Waals surface area contributed by atoms with Gasteiger partial charge in [-0.3, -0.25) is 0 Å². The highest BCUT2D eigenvalue weighted by Crippen LogP contribution is 2.23. The van der Waals surface area contributed by atoms with Gasteiger partial charge in [0.15, 0.2) is 8.32 Å². The van der Waals surface area contributed by atoms with Gasteiger partial charge in [-0.15, -0.1) is 0 Å². The predicted octanol–water partition coefficient (Wildman–Crippen LogP) is 2.75. The van der Waals surface area contributed by atoms with Gasteiger partial charge in [0.25, 0.3) is 0 Å². The SMILES string of the molecule is C=CC(=O)OCCC[Si](CC)(CC)OCCOC. The molecule has 4 nitrogen and oxygen atoms in total. The number of esters is 1. The summed E-state index contributed by atoms with van der Waals surface area (Å²) in [6.45, 7) is 9.48. The summed E-state index contributed by atoms with van der Waals surface area (Å²) in [4.78, 5) is 10.9. The third kappa shape index (κ3) is 6.93. The molecule has 0 aliphatic heterocycles. The Labute approximate surface area is 111 Å². The lowest BCUT2D eigenvalue weighted by atomic mass is 10.5. The molecular weight excluding hydrogens is 248 g/mol. The minimum atomic E-state index is -1.66. The van der Waals surface area contributed by atoms with Gasteiger partial charge in [-0.2, -0.15) is 0 Å². The molecule has 18 heavy (non-hydrogen) atoms. The lowest BCUT2D eigenvalue weighted by Gasteiger charge is -2.29. The first-order valence-corrected chi connectivity index (χ1v) is 9.09. The van der Waals surface area contributed by atoms with Crippen molar-refractivity contribution in [3.8, 4) is 0 Å². The molecule has 0 rings (SSSR count). The maximum atomic E-state index is 10.9. The molecule has 0 bridgehead atoms. The van der Waals surface area contributed by atoms with Crippen molar-refractivity contribution >= 4 is 14.3 Å². The van der Waals surface area contributed by atoms with E-state index >= 15 is 0 Å². The van der Waals surface area contributed by atoms with Crippen molar-refractivity contribution < 1.29 is 18.7 Å². The second-order valence-electron chi connectivity index (χ2n) is 4.21. The minimum Gasteiger partial charge on any atom is -0.463 e. The first kappa shape index (κ1) is 17.3. The lowest BCUT2D eigenvalue weighted by molar-refractivity contribution is -0.137. The Bertz CT molecular complexity index is 239. The van der Waals surface area contributed by atoms with E-state index in [-0.39, 0.29) is 5.97 Å². The van der Waals surface area contributed by atoms with Crippen molar-refractivity contribution in [1.29, 1.82) is 0 Å². The van der Waals surface area contributed by atoms with E-state index in [0.29, 0.717) is 19.8 Å². The van der Waals surface area contributed by atoms with Crippen LogP contribution in [0, 0.1) is 0 Å². The average Bonchev–Trinajstić information content (AvgIpc) is 2.41. The smallest absolute Gasteiger partial charge is 0.330 e. The second kappa shape index (κ2) is 10.3. The molecule has 0 aromatic heterocycles. The fourth-order valence-electron chi connectivity index (χ4n) is 1.85. The van der Waals surface area contributed by atoms with Crippen molar-refractivity contribution in [2.75, 3.05) is 26.9 Å². The number of methoxy groups -OCH3 is 1. The van der Waals surface area contributed by atoms with E-state index in [0.717, 1.165) is 24.6 Å². The Morgan fingerprint density at radius 3 is 2.39 bits per heavy atom. The Balaban J connectivity index is 4.00. The molecule has 0 radical (unpaired) electrons. The minimum absolute atomic E-state index is 0.351. The van der Waals surface area contributed by atoms with Crippen molar-refractivity contribution in [2.45, 2.75) is 38.4 Å². The first-order chi connectivity index (χ1) is 8.64. The molecule has 106 valence electrons. The maximum absolute atomic E-state index is 10.9. The molecule has 0 amide bonds. The molecule has 0 aliphatic rings. The molecule has 0 fully saturated rings. The molecule has 0 saturated carbocycles. The molecule has 0 aliphatic carbocycles. The van der Waals surface area contributed by atoms with E-state index in [1.807, 2.05) is 0 Å². The standard InChI is InChI=1S/C13H26O4Si/c1-5-13(14)16-9-8-12-18(6-2,7-3)17-11-10-15-4/h5H,1,6-12H2,2-4H3. The van der Waals surface area contributed by atoms with Gasteiger partial charge in [0.1, 0.15) is 0 Å². The van der Waals surface area contributed by atoms with Gasteiger partial charge >= 0.3 is 5.97 Å². The van der Waals surface area contributed by atoms with Gasteiger partial charge in [0, 0.05) is 13.2 Å². The van der Waals surface area contributed by atoms with Crippen LogP contribution in [0.2, 0.25) is 18.1 Å². The molecular formula is C13H26O4Si. The number of hydrogen-bond acceptors (Lipinski definition) is 4. The normalized spacial score (nSPS) is 11.3. The summed E-state index contributed by atoms with van der Waals surface area (Å²) in [7, 11) is 0.0198. The Kier molecular flexibility index (Phi) is 9.91. The highest BCUT2D eigenvalue weighted by atomic mass is 28.4. The van der Waals surface area contributed by atoms with Crippen molar-refractivity contribution in [3.05, 3.63) is 12.7 Å². The topological polar surface area (TPSA) is 44.8 Å². The summed E-state index contributed by atoms with van der Waals surface area (Å²) in [5.74, 6) is -0.351. The van der Waals surface area contributed by atoms with E-state index < -0.39 is 8.32 Å². The summed E-state index contributed by atoms with van der Waals surface area (Å²) >= 11 is 0. The van der Waals surface area contributed by atoms with Crippen LogP contribution in [0.1, 0.15) is 20.3 Å². The first-order valence-electron chi connectivity index (χ1n) is 6.56. The van der Waals surface area contributed by atoms with Crippen LogP contribution in [0.5, 0.6) is 0 Å². The Hall–Kier alpha value is -0.653. The Morgan fingerprint density at radius 1 is 1.22 bits per heavy atom. The number of carbonyl (C=O) groups excluding carboxylic acids is 1. The molecule has 0 spiro atoms. The zero-order valence-electron chi connectivity index (χ0n) is 11.9. The van der Waals surface area contributed by atoms with E-state index in [1.54, 1.807) is 7.11 Å². The quantitative estimate of drug-likeness (QED) is 0.251. The summed E-state index contributed by atoms with van der Waals surface area (Å²) in [5, 5.41) is 0. The summed E-state index contributed by atoms with van der Waals surface area (Å²) in [6.07, 6.45) is 2.06. The van der Waals surface area contributed by atoms with Gasteiger partial charge in [-0.05, 0) is 24.6 Å². The van der Waals surface area contributed by atoms with Crippen LogP contribution >= 0.6 is 0 Å². The highest BCUT2D eigenvalue weighted by Gasteiger charge is 2.30. The van der Waals surface area contributed by atoms with E-state index in [9.17, 15) is 4.79 Å². The molecule has 0 saturated heterocycles. The maximum Gasteiger partial charge on any atom is 0.330 e. The summed E-state index contributed by atoms with van der Waals surface area (Å²) in [5.41, 5.74) is 0. The van der Waals surface area contributed by atoms with Gasteiger partial charge in [-0.1, -0.05) is 20.4 Å². The monoisotopic (exact) mass is 274 g/mol. The van der Waals surface area contributed by atoms with Crippen LogP contribution in [0.25, 0.3) is 0 Å². The van der Waals surface area contributed by atoms with Gasteiger partial charge < -0.3 is 13.9 Å². The fourth-order valence-corrected chi connectivity index (χ4v) is 4.91. The van der Waals surface area contributed by atoms with Crippen molar-refractivity contribution in [1.82, 2.24) is 0 Å². The number of rotatable bonds is 11. The molecule has 0 atom stereocenters. The molecule has 0 heterocycles. The van der Waals surface area contributed by atoms with Crippen LogP contribution in [0.15, 0.2) is 12.7 Å². The highest BCUT2D eigenvalue weighted by molar-refractivity contribution is 6.73. The van der Waals surface area contributed by atoms with E-state index in [2.05, 4.69) is 20.4 Å². The van der Waals surface area contributed by atoms with Crippen LogP contribution in [0.4, 0.5) is 0 Å². The molecule has 5 heteroatoms. The molecule has 0 aromatic carbocycles. The zero-order valence-corrected chi connectivity index (χ0v) is 12.9.